The molecule has 0 bridgehead atoms. The van der Waals surface area contributed by atoms with Crippen molar-refractivity contribution in [2.24, 2.45) is 0 Å². The summed E-state index contributed by atoms with van der Waals surface area (Å²) in [7, 11) is 0. The molecular formula is C9H11N5S. The van der Waals surface area contributed by atoms with Crippen LogP contribution in [0.2, 0.25) is 0 Å². The fourth-order valence-corrected chi connectivity index (χ4v) is 1.80. The first-order chi connectivity index (χ1) is 7.27. The summed E-state index contributed by atoms with van der Waals surface area (Å²) in [5.74, 6) is 0. The van der Waals surface area contributed by atoms with E-state index in [0.29, 0.717) is 26.2 Å². The average Bonchev–Trinajstić information content (AvgIpc) is 2.65. The second-order valence-corrected chi connectivity index (χ2v) is 4.01. The standard InChI is InChI=1S/C9H11N5S/c1-8-12-13-9(15-8)14(6-4-10-2)7-5-11-3/h4-7H2,1H3. The highest BCUT2D eigenvalue weighted by Gasteiger charge is 2.12. The Bertz CT molecular complexity index is 368. The van der Waals surface area contributed by atoms with Crippen molar-refractivity contribution in [3.05, 3.63) is 27.8 Å². The maximum atomic E-state index is 6.75. The Labute approximate surface area is 93.0 Å². The number of hydrogen-bond donors (Lipinski definition) is 0. The number of nitrogens with zero attached hydrogens (tertiary/aromatic N) is 5. The van der Waals surface area contributed by atoms with E-state index < -0.39 is 0 Å². The SMILES string of the molecule is [C-]#[N+]CCN(CC[N+]#[C-])c1nnc(C)s1. The van der Waals surface area contributed by atoms with Crippen molar-refractivity contribution < 1.29 is 0 Å². The number of aromatic nitrogens is 2. The lowest BCUT2D eigenvalue weighted by Gasteiger charge is -2.14. The van der Waals surface area contributed by atoms with Crippen LogP contribution in [0.15, 0.2) is 0 Å². The molecule has 78 valence electrons. The molecule has 0 fully saturated rings. The maximum Gasteiger partial charge on any atom is 0.231 e. The summed E-state index contributed by atoms with van der Waals surface area (Å²) < 4.78 is 0. The minimum atomic E-state index is 0.427. The quantitative estimate of drug-likeness (QED) is 0.707. The van der Waals surface area contributed by atoms with Gasteiger partial charge < -0.3 is 14.6 Å². The minimum Gasteiger partial charge on any atom is -0.332 e. The molecule has 1 rings (SSSR count). The molecule has 5 nitrogen and oxygen atoms in total. The van der Waals surface area contributed by atoms with Gasteiger partial charge >= 0.3 is 0 Å². The number of hydrogen-bond acceptors (Lipinski definition) is 4. The Hall–Kier alpha value is -1.66. The molecule has 1 aromatic heterocycles. The largest absolute Gasteiger partial charge is 0.332 e. The molecule has 6 heteroatoms. The highest BCUT2D eigenvalue weighted by atomic mass is 32.1. The zero-order valence-corrected chi connectivity index (χ0v) is 9.29. The van der Waals surface area contributed by atoms with Gasteiger partial charge in [-0.1, -0.05) is 11.3 Å². The van der Waals surface area contributed by atoms with Gasteiger partial charge in [0, 0.05) is 0 Å². The lowest BCUT2D eigenvalue weighted by Crippen LogP contribution is -2.28. The molecule has 15 heavy (non-hydrogen) atoms. The Morgan fingerprint density at radius 3 is 2.20 bits per heavy atom. The van der Waals surface area contributed by atoms with Gasteiger partial charge in [0.15, 0.2) is 0 Å². The van der Waals surface area contributed by atoms with E-state index in [1.54, 1.807) is 0 Å². The van der Waals surface area contributed by atoms with E-state index in [0.717, 1.165) is 10.1 Å². The minimum absolute atomic E-state index is 0.427. The molecule has 0 spiro atoms. The second-order valence-electron chi connectivity index (χ2n) is 2.85. The Morgan fingerprint density at radius 1 is 1.20 bits per heavy atom. The van der Waals surface area contributed by atoms with E-state index in [2.05, 4.69) is 19.9 Å². The van der Waals surface area contributed by atoms with Crippen LogP contribution in [-0.4, -0.2) is 36.4 Å². The molecule has 0 radical (unpaired) electrons. The predicted molar refractivity (Wildman–Crippen MR) is 59.8 cm³/mol. The van der Waals surface area contributed by atoms with Gasteiger partial charge in [0.05, 0.1) is 13.1 Å². The normalized spacial score (nSPS) is 9.27. The van der Waals surface area contributed by atoms with E-state index in [9.17, 15) is 0 Å². The fraction of sp³-hybridized carbons (Fsp3) is 0.556. The summed E-state index contributed by atoms with van der Waals surface area (Å²) >= 11 is 1.49. The van der Waals surface area contributed by atoms with Crippen LogP contribution in [0.5, 0.6) is 0 Å². The van der Waals surface area contributed by atoms with Gasteiger partial charge in [-0.05, 0) is 6.92 Å². The van der Waals surface area contributed by atoms with Crippen LogP contribution in [-0.2, 0) is 0 Å². The third-order valence-corrected chi connectivity index (χ3v) is 2.65. The van der Waals surface area contributed by atoms with Crippen molar-refractivity contribution in [3.8, 4) is 0 Å². The first-order valence-corrected chi connectivity index (χ1v) is 5.31. The van der Waals surface area contributed by atoms with Crippen LogP contribution >= 0.6 is 11.3 Å². The molecule has 0 N–H and O–H groups in total. The van der Waals surface area contributed by atoms with Gasteiger partial charge in [-0.2, -0.15) is 0 Å². The van der Waals surface area contributed by atoms with E-state index >= 15 is 0 Å². The molecule has 0 saturated carbocycles. The average molecular weight is 221 g/mol. The Kier molecular flexibility index (Phi) is 4.52. The van der Waals surface area contributed by atoms with Crippen LogP contribution in [0.4, 0.5) is 5.13 Å². The molecule has 0 saturated heterocycles. The lowest BCUT2D eigenvalue weighted by atomic mass is 10.5. The van der Waals surface area contributed by atoms with E-state index in [1.807, 2.05) is 11.8 Å². The third kappa shape index (κ3) is 3.53. The summed E-state index contributed by atoms with van der Waals surface area (Å²) in [6.07, 6.45) is 0. The molecule has 1 aromatic rings. The van der Waals surface area contributed by atoms with Crippen molar-refractivity contribution in [2.75, 3.05) is 31.1 Å². The Balaban J connectivity index is 2.64. The van der Waals surface area contributed by atoms with Gasteiger partial charge in [0.2, 0.25) is 18.2 Å². The highest BCUT2D eigenvalue weighted by Crippen LogP contribution is 2.18. The van der Waals surface area contributed by atoms with Crippen molar-refractivity contribution in [2.45, 2.75) is 6.92 Å². The smallest absolute Gasteiger partial charge is 0.231 e. The van der Waals surface area contributed by atoms with Crippen LogP contribution < -0.4 is 4.90 Å². The number of rotatable bonds is 5. The van der Waals surface area contributed by atoms with Gasteiger partial charge in [0.25, 0.3) is 0 Å². The molecule has 0 aliphatic rings. The highest BCUT2D eigenvalue weighted by molar-refractivity contribution is 7.15. The first-order valence-electron chi connectivity index (χ1n) is 4.49. The maximum absolute atomic E-state index is 6.75. The Morgan fingerprint density at radius 2 is 1.80 bits per heavy atom. The molecule has 0 amide bonds. The first kappa shape index (κ1) is 11.4. The van der Waals surface area contributed by atoms with Crippen molar-refractivity contribution in [3.63, 3.8) is 0 Å². The number of aryl methyl sites for hydroxylation is 1. The third-order valence-electron chi connectivity index (χ3n) is 1.75. The molecule has 0 atom stereocenters. The monoisotopic (exact) mass is 221 g/mol. The van der Waals surface area contributed by atoms with Gasteiger partial charge in [0.1, 0.15) is 5.01 Å². The van der Waals surface area contributed by atoms with Crippen molar-refractivity contribution in [1.82, 2.24) is 10.2 Å². The van der Waals surface area contributed by atoms with E-state index in [1.165, 1.54) is 11.3 Å². The molecule has 0 aromatic carbocycles. The van der Waals surface area contributed by atoms with Gasteiger partial charge in [-0.25, -0.2) is 13.1 Å². The molecule has 0 unspecified atom stereocenters. The fourth-order valence-electron chi connectivity index (χ4n) is 1.06. The topological polar surface area (TPSA) is 37.7 Å². The summed E-state index contributed by atoms with van der Waals surface area (Å²) in [4.78, 5) is 8.55. The summed E-state index contributed by atoms with van der Waals surface area (Å²) in [6.45, 7) is 17.5. The molecular weight excluding hydrogens is 210 g/mol. The summed E-state index contributed by atoms with van der Waals surface area (Å²) in [5.41, 5.74) is 0. The van der Waals surface area contributed by atoms with E-state index in [-0.39, 0.29) is 0 Å². The van der Waals surface area contributed by atoms with Crippen molar-refractivity contribution in [1.29, 1.82) is 0 Å². The van der Waals surface area contributed by atoms with Crippen LogP contribution in [0.3, 0.4) is 0 Å². The molecule has 0 aliphatic carbocycles. The zero-order valence-electron chi connectivity index (χ0n) is 8.47. The van der Waals surface area contributed by atoms with Crippen LogP contribution in [0, 0.1) is 20.1 Å². The van der Waals surface area contributed by atoms with Crippen LogP contribution in [0.1, 0.15) is 5.01 Å². The van der Waals surface area contributed by atoms with E-state index in [4.69, 9.17) is 13.1 Å². The lowest BCUT2D eigenvalue weighted by molar-refractivity contribution is 0.820. The van der Waals surface area contributed by atoms with Crippen LogP contribution in [0.25, 0.3) is 9.69 Å². The second kappa shape index (κ2) is 5.94. The summed E-state index contributed by atoms with van der Waals surface area (Å²) in [6, 6.07) is 0. The molecule has 1 heterocycles. The predicted octanol–water partition coefficient (Wildman–Crippen LogP) is 1.49. The summed E-state index contributed by atoms with van der Waals surface area (Å²) in [5, 5.41) is 9.64. The molecule has 0 aliphatic heterocycles. The van der Waals surface area contributed by atoms with Gasteiger partial charge in [-0.15, -0.1) is 10.2 Å². The number of anilines is 1. The zero-order chi connectivity index (χ0) is 11.1. The van der Waals surface area contributed by atoms with Gasteiger partial charge in [-0.3, -0.25) is 0 Å². The van der Waals surface area contributed by atoms with Crippen molar-refractivity contribution >= 4 is 16.5 Å².